The zero-order valence-corrected chi connectivity index (χ0v) is 10.3. The maximum absolute atomic E-state index is 11.7. The Bertz CT molecular complexity index is 543. The highest BCUT2D eigenvalue weighted by Crippen LogP contribution is 2.21. The fourth-order valence-corrected chi connectivity index (χ4v) is 1.93. The third-order valence-corrected chi connectivity index (χ3v) is 2.60. The molecule has 2 aromatic heterocycles. The van der Waals surface area contributed by atoms with E-state index < -0.39 is 0 Å². The van der Waals surface area contributed by atoms with Gasteiger partial charge in [0, 0.05) is 24.3 Å². The first-order valence-corrected chi connectivity index (χ1v) is 5.65. The van der Waals surface area contributed by atoms with Gasteiger partial charge in [0.1, 0.15) is 5.65 Å². The molecular weight excluding hydrogens is 216 g/mol. The van der Waals surface area contributed by atoms with Gasteiger partial charge in [0.15, 0.2) is 0 Å². The first-order chi connectivity index (χ1) is 8.13. The highest BCUT2D eigenvalue weighted by atomic mass is 16.5. The quantitative estimate of drug-likeness (QED) is 0.764. The highest BCUT2D eigenvalue weighted by molar-refractivity contribution is 6.03. The monoisotopic (exact) mass is 232 g/mol. The summed E-state index contributed by atoms with van der Waals surface area (Å²) in [4.78, 5) is 16.0. The van der Waals surface area contributed by atoms with Gasteiger partial charge in [-0.2, -0.15) is 0 Å². The summed E-state index contributed by atoms with van der Waals surface area (Å²) < 4.78 is 6.79. The highest BCUT2D eigenvalue weighted by Gasteiger charge is 2.16. The number of methoxy groups -OCH3 is 1. The van der Waals surface area contributed by atoms with Gasteiger partial charge in [0.05, 0.1) is 12.7 Å². The van der Waals surface area contributed by atoms with E-state index in [-0.39, 0.29) is 5.97 Å². The van der Waals surface area contributed by atoms with Gasteiger partial charge in [0.2, 0.25) is 0 Å². The van der Waals surface area contributed by atoms with Crippen LogP contribution in [0.25, 0.3) is 11.0 Å². The summed E-state index contributed by atoms with van der Waals surface area (Å²) in [6.45, 7) is 5.10. The van der Waals surface area contributed by atoms with Crippen molar-refractivity contribution in [2.75, 3.05) is 7.11 Å². The lowest BCUT2D eigenvalue weighted by atomic mass is 10.2. The Hall–Kier alpha value is -1.84. The van der Waals surface area contributed by atoms with Crippen LogP contribution in [0, 0.1) is 5.92 Å². The van der Waals surface area contributed by atoms with Crippen molar-refractivity contribution in [2.45, 2.75) is 20.4 Å². The standard InChI is InChI=1S/C13H16N2O2/c1-9(2)7-15-8-11(13(16)17-3)10-5-4-6-14-12(10)15/h4-6,8-9H,7H2,1-3H3. The molecule has 0 aliphatic carbocycles. The minimum absolute atomic E-state index is 0.314. The van der Waals surface area contributed by atoms with Crippen LogP contribution in [0.1, 0.15) is 24.2 Å². The summed E-state index contributed by atoms with van der Waals surface area (Å²) in [7, 11) is 1.39. The van der Waals surface area contributed by atoms with Crippen LogP contribution in [0.5, 0.6) is 0 Å². The zero-order chi connectivity index (χ0) is 12.4. The second kappa shape index (κ2) is 4.57. The first kappa shape index (κ1) is 11.6. The van der Waals surface area contributed by atoms with Gasteiger partial charge in [-0.15, -0.1) is 0 Å². The second-order valence-electron chi connectivity index (χ2n) is 4.46. The summed E-state index contributed by atoms with van der Waals surface area (Å²) >= 11 is 0. The van der Waals surface area contributed by atoms with Crippen LogP contribution in [0.15, 0.2) is 24.5 Å². The molecule has 0 N–H and O–H groups in total. The van der Waals surface area contributed by atoms with Gasteiger partial charge in [-0.05, 0) is 18.1 Å². The summed E-state index contributed by atoms with van der Waals surface area (Å²) in [6, 6.07) is 3.72. The van der Waals surface area contributed by atoms with E-state index >= 15 is 0 Å². The average molecular weight is 232 g/mol. The molecule has 2 rings (SSSR count). The minimum Gasteiger partial charge on any atom is -0.465 e. The molecule has 0 aromatic carbocycles. The topological polar surface area (TPSA) is 44.1 Å². The fraction of sp³-hybridized carbons (Fsp3) is 0.385. The van der Waals surface area contributed by atoms with Gasteiger partial charge in [-0.25, -0.2) is 9.78 Å². The third-order valence-electron chi connectivity index (χ3n) is 2.60. The lowest BCUT2D eigenvalue weighted by Gasteiger charge is -2.06. The van der Waals surface area contributed by atoms with Crippen LogP contribution in [0.3, 0.4) is 0 Å². The van der Waals surface area contributed by atoms with Crippen LogP contribution in [-0.2, 0) is 11.3 Å². The predicted octanol–water partition coefficient (Wildman–Crippen LogP) is 2.48. The number of rotatable bonds is 3. The van der Waals surface area contributed by atoms with E-state index in [1.807, 2.05) is 22.9 Å². The molecule has 0 saturated carbocycles. The fourth-order valence-electron chi connectivity index (χ4n) is 1.93. The average Bonchev–Trinajstić information content (AvgIpc) is 2.67. The van der Waals surface area contributed by atoms with E-state index in [9.17, 15) is 4.79 Å². The lowest BCUT2D eigenvalue weighted by Crippen LogP contribution is -2.04. The molecule has 90 valence electrons. The molecule has 0 aliphatic heterocycles. The SMILES string of the molecule is COC(=O)c1cn(CC(C)C)c2ncccc12. The number of nitrogens with zero attached hydrogens (tertiary/aromatic N) is 2. The normalized spacial score (nSPS) is 11.1. The van der Waals surface area contributed by atoms with Crippen LogP contribution in [0.4, 0.5) is 0 Å². The summed E-state index contributed by atoms with van der Waals surface area (Å²) in [5.41, 5.74) is 1.41. The molecule has 0 unspecified atom stereocenters. The first-order valence-electron chi connectivity index (χ1n) is 5.65. The molecule has 0 aliphatic rings. The number of pyridine rings is 1. The van der Waals surface area contributed by atoms with E-state index in [1.165, 1.54) is 7.11 Å². The van der Waals surface area contributed by atoms with E-state index in [0.717, 1.165) is 17.6 Å². The van der Waals surface area contributed by atoms with E-state index in [2.05, 4.69) is 18.8 Å². The van der Waals surface area contributed by atoms with Crippen LogP contribution >= 0.6 is 0 Å². The number of fused-ring (bicyclic) bond motifs is 1. The number of esters is 1. The van der Waals surface area contributed by atoms with Crippen molar-refractivity contribution in [2.24, 2.45) is 5.92 Å². The molecule has 0 saturated heterocycles. The maximum atomic E-state index is 11.7. The van der Waals surface area contributed by atoms with E-state index in [0.29, 0.717) is 11.5 Å². The molecular formula is C13H16N2O2. The Balaban J connectivity index is 2.58. The molecule has 0 amide bonds. The van der Waals surface area contributed by atoms with Crippen molar-refractivity contribution in [3.8, 4) is 0 Å². The van der Waals surface area contributed by atoms with Crippen molar-refractivity contribution < 1.29 is 9.53 Å². The van der Waals surface area contributed by atoms with E-state index in [1.54, 1.807) is 6.20 Å². The number of ether oxygens (including phenoxy) is 1. The van der Waals surface area contributed by atoms with Gasteiger partial charge in [-0.1, -0.05) is 13.8 Å². The van der Waals surface area contributed by atoms with Crippen LogP contribution in [-0.4, -0.2) is 22.6 Å². The van der Waals surface area contributed by atoms with E-state index in [4.69, 9.17) is 4.74 Å². The third kappa shape index (κ3) is 2.16. The number of hydrogen-bond acceptors (Lipinski definition) is 3. The van der Waals surface area contributed by atoms with Crippen molar-refractivity contribution in [1.82, 2.24) is 9.55 Å². The molecule has 17 heavy (non-hydrogen) atoms. The Morgan fingerprint density at radius 3 is 2.94 bits per heavy atom. The number of carbonyl (C=O) groups is 1. The Labute approximate surface area is 100 Å². The molecule has 4 heteroatoms. The number of carbonyl (C=O) groups excluding carboxylic acids is 1. The number of hydrogen-bond donors (Lipinski definition) is 0. The summed E-state index contributed by atoms with van der Waals surface area (Å²) in [6.07, 6.45) is 3.56. The molecule has 0 bridgehead atoms. The molecule has 0 spiro atoms. The molecule has 0 radical (unpaired) electrons. The van der Waals surface area contributed by atoms with Crippen molar-refractivity contribution in [3.63, 3.8) is 0 Å². The largest absolute Gasteiger partial charge is 0.465 e. The Kier molecular flexibility index (Phi) is 3.13. The maximum Gasteiger partial charge on any atom is 0.340 e. The Morgan fingerprint density at radius 1 is 1.53 bits per heavy atom. The molecule has 2 aromatic rings. The zero-order valence-electron chi connectivity index (χ0n) is 10.3. The predicted molar refractivity (Wildman–Crippen MR) is 65.9 cm³/mol. The minimum atomic E-state index is -0.314. The Morgan fingerprint density at radius 2 is 2.29 bits per heavy atom. The van der Waals surface area contributed by atoms with Gasteiger partial charge in [0.25, 0.3) is 0 Å². The van der Waals surface area contributed by atoms with Crippen molar-refractivity contribution in [3.05, 3.63) is 30.1 Å². The molecule has 0 fully saturated rings. The number of aromatic nitrogens is 2. The molecule has 2 heterocycles. The molecule has 0 atom stereocenters. The van der Waals surface area contributed by atoms with Crippen LogP contribution in [0.2, 0.25) is 0 Å². The summed E-state index contributed by atoms with van der Waals surface area (Å²) in [5, 5.41) is 0.847. The second-order valence-corrected chi connectivity index (χ2v) is 4.46. The van der Waals surface area contributed by atoms with Crippen molar-refractivity contribution in [1.29, 1.82) is 0 Å². The summed E-state index contributed by atoms with van der Waals surface area (Å²) in [5.74, 6) is 0.184. The smallest absolute Gasteiger partial charge is 0.340 e. The molecule has 4 nitrogen and oxygen atoms in total. The van der Waals surface area contributed by atoms with Crippen molar-refractivity contribution >= 4 is 17.0 Å². The van der Waals surface area contributed by atoms with Gasteiger partial charge in [-0.3, -0.25) is 0 Å². The lowest BCUT2D eigenvalue weighted by molar-refractivity contribution is 0.0602. The van der Waals surface area contributed by atoms with Gasteiger partial charge >= 0.3 is 5.97 Å². The van der Waals surface area contributed by atoms with Crippen LogP contribution < -0.4 is 0 Å². The van der Waals surface area contributed by atoms with Gasteiger partial charge < -0.3 is 9.30 Å².